The van der Waals surface area contributed by atoms with Gasteiger partial charge in [0, 0.05) is 18.5 Å². The third kappa shape index (κ3) is 2.90. The van der Waals surface area contributed by atoms with Gasteiger partial charge in [0.2, 0.25) is 5.91 Å². The molecule has 2 amide bonds. The van der Waals surface area contributed by atoms with Crippen LogP contribution in [0.5, 0.6) is 0 Å². The Hall–Kier alpha value is -2.40. The van der Waals surface area contributed by atoms with Crippen LogP contribution >= 0.6 is 11.6 Å². The summed E-state index contributed by atoms with van der Waals surface area (Å²) in [6, 6.07) is 11.9. The van der Waals surface area contributed by atoms with E-state index >= 15 is 0 Å². The van der Waals surface area contributed by atoms with Crippen LogP contribution < -0.4 is 0 Å². The first-order valence-corrected chi connectivity index (χ1v) is 9.29. The summed E-state index contributed by atoms with van der Waals surface area (Å²) in [7, 11) is 0. The SMILES string of the molecule is CC1(C)CN2C(=O)CN(C(=O)c3c(F)cccc3Cl)CC2c2ccccc21. The predicted molar refractivity (Wildman–Crippen MR) is 101 cm³/mol. The first-order chi connectivity index (χ1) is 12.8. The quantitative estimate of drug-likeness (QED) is 0.748. The lowest BCUT2D eigenvalue weighted by Gasteiger charge is -2.49. The van der Waals surface area contributed by atoms with E-state index in [4.69, 9.17) is 11.6 Å². The summed E-state index contributed by atoms with van der Waals surface area (Å²) in [4.78, 5) is 29.0. The molecular weight excluding hydrogens is 367 g/mol. The van der Waals surface area contributed by atoms with Gasteiger partial charge in [-0.05, 0) is 23.3 Å². The number of amides is 2. The van der Waals surface area contributed by atoms with Gasteiger partial charge in [0.15, 0.2) is 0 Å². The second-order valence-corrected chi connectivity index (χ2v) is 8.20. The molecule has 140 valence electrons. The fourth-order valence-electron chi connectivity index (χ4n) is 4.19. The highest BCUT2D eigenvalue weighted by atomic mass is 35.5. The highest BCUT2D eigenvalue weighted by molar-refractivity contribution is 6.33. The maximum absolute atomic E-state index is 14.2. The minimum absolute atomic E-state index is 0.0556. The van der Waals surface area contributed by atoms with Crippen LogP contribution in [-0.4, -0.2) is 41.2 Å². The average Bonchev–Trinajstić information content (AvgIpc) is 2.62. The highest BCUT2D eigenvalue weighted by Gasteiger charge is 2.44. The van der Waals surface area contributed by atoms with E-state index in [1.165, 1.54) is 28.7 Å². The molecule has 0 aromatic heterocycles. The molecule has 2 aliphatic rings. The molecule has 0 N–H and O–H groups in total. The number of carbonyl (C=O) groups excluding carboxylic acids is 2. The molecule has 4 nitrogen and oxygen atoms in total. The van der Waals surface area contributed by atoms with Crippen molar-refractivity contribution in [3.63, 3.8) is 0 Å². The van der Waals surface area contributed by atoms with Crippen molar-refractivity contribution in [1.29, 1.82) is 0 Å². The van der Waals surface area contributed by atoms with Crippen molar-refractivity contribution in [2.45, 2.75) is 25.3 Å². The molecule has 1 fully saturated rings. The second-order valence-electron chi connectivity index (χ2n) is 7.79. The van der Waals surface area contributed by atoms with E-state index in [1.54, 1.807) is 0 Å². The van der Waals surface area contributed by atoms with Crippen molar-refractivity contribution in [2.24, 2.45) is 0 Å². The summed E-state index contributed by atoms with van der Waals surface area (Å²) >= 11 is 6.05. The lowest BCUT2D eigenvalue weighted by Crippen LogP contribution is -2.58. The normalized spacial score (nSPS) is 20.9. The Bertz CT molecular complexity index is 923. The molecule has 6 heteroatoms. The number of halogens is 2. The van der Waals surface area contributed by atoms with Gasteiger partial charge in [-0.15, -0.1) is 0 Å². The molecule has 1 unspecified atom stereocenters. The summed E-state index contributed by atoms with van der Waals surface area (Å²) in [6.45, 7) is 5.08. The van der Waals surface area contributed by atoms with Crippen molar-refractivity contribution in [1.82, 2.24) is 9.80 Å². The van der Waals surface area contributed by atoms with E-state index in [2.05, 4.69) is 19.9 Å². The van der Waals surface area contributed by atoms with Gasteiger partial charge in [-0.25, -0.2) is 4.39 Å². The number of hydrogen-bond donors (Lipinski definition) is 0. The zero-order chi connectivity index (χ0) is 19.3. The van der Waals surface area contributed by atoms with Crippen LogP contribution in [0.25, 0.3) is 0 Å². The zero-order valence-corrected chi connectivity index (χ0v) is 16.0. The van der Waals surface area contributed by atoms with Gasteiger partial charge in [0.1, 0.15) is 12.4 Å². The molecule has 1 atom stereocenters. The van der Waals surface area contributed by atoms with Crippen molar-refractivity contribution in [3.8, 4) is 0 Å². The fourth-order valence-corrected chi connectivity index (χ4v) is 4.44. The van der Waals surface area contributed by atoms with Crippen molar-refractivity contribution >= 4 is 23.4 Å². The molecule has 2 heterocycles. The number of piperazine rings is 1. The third-order valence-electron chi connectivity index (χ3n) is 5.49. The summed E-state index contributed by atoms with van der Waals surface area (Å²) in [5, 5.41) is 0.0556. The Balaban J connectivity index is 1.72. The Kier molecular flexibility index (Phi) is 4.22. The van der Waals surface area contributed by atoms with Gasteiger partial charge in [-0.1, -0.05) is 55.8 Å². The molecule has 4 rings (SSSR count). The van der Waals surface area contributed by atoms with Crippen LogP contribution in [0.2, 0.25) is 5.02 Å². The van der Waals surface area contributed by atoms with Gasteiger partial charge >= 0.3 is 0 Å². The standard InChI is InChI=1S/C21H20ClFN2O2/c1-21(2)12-25-17(13-6-3-4-7-14(13)21)10-24(11-18(25)26)20(27)19-15(22)8-5-9-16(19)23/h3-9,17H,10-12H2,1-2H3. The number of rotatable bonds is 1. The Morgan fingerprint density at radius 3 is 2.67 bits per heavy atom. The average molecular weight is 387 g/mol. The summed E-state index contributed by atoms with van der Waals surface area (Å²) in [5.41, 5.74) is 1.88. The fraction of sp³-hybridized carbons (Fsp3) is 0.333. The largest absolute Gasteiger partial charge is 0.331 e. The van der Waals surface area contributed by atoms with E-state index in [0.29, 0.717) is 13.1 Å². The molecule has 2 aliphatic heterocycles. The molecule has 1 saturated heterocycles. The summed E-state index contributed by atoms with van der Waals surface area (Å²) < 4.78 is 14.2. The topological polar surface area (TPSA) is 40.6 Å². The molecule has 2 aromatic carbocycles. The van der Waals surface area contributed by atoms with Crippen LogP contribution in [0.15, 0.2) is 42.5 Å². The van der Waals surface area contributed by atoms with E-state index < -0.39 is 11.7 Å². The van der Waals surface area contributed by atoms with Crippen molar-refractivity contribution in [2.75, 3.05) is 19.6 Å². The van der Waals surface area contributed by atoms with Crippen molar-refractivity contribution < 1.29 is 14.0 Å². The predicted octanol–water partition coefficient (Wildman–Crippen LogP) is 3.80. The molecular formula is C21H20ClFN2O2. The number of benzene rings is 2. The number of hydrogen-bond acceptors (Lipinski definition) is 2. The van der Waals surface area contributed by atoms with Crippen LogP contribution in [0, 0.1) is 5.82 Å². The maximum Gasteiger partial charge on any atom is 0.258 e. The lowest BCUT2D eigenvalue weighted by molar-refractivity contribution is -0.140. The first kappa shape index (κ1) is 18.0. The Morgan fingerprint density at radius 2 is 1.93 bits per heavy atom. The number of nitrogens with zero attached hydrogens (tertiary/aromatic N) is 2. The van der Waals surface area contributed by atoms with Gasteiger partial charge in [-0.3, -0.25) is 9.59 Å². The summed E-state index contributed by atoms with van der Waals surface area (Å²) in [6.07, 6.45) is 0. The minimum atomic E-state index is -0.674. The lowest BCUT2D eigenvalue weighted by atomic mass is 9.75. The van der Waals surface area contributed by atoms with E-state index in [1.807, 2.05) is 23.1 Å². The first-order valence-electron chi connectivity index (χ1n) is 8.92. The minimum Gasteiger partial charge on any atom is -0.331 e. The smallest absolute Gasteiger partial charge is 0.258 e. The summed E-state index contributed by atoms with van der Waals surface area (Å²) in [5.74, 6) is -1.35. The molecule has 0 spiro atoms. The van der Waals surface area contributed by atoms with Gasteiger partial charge in [0.25, 0.3) is 5.91 Å². The zero-order valence-electron chi connectivity index (χ0n) is 15.2. The Morgan fingerprint density at radius 1 is 1.19 bits per heavy atom. The van der Waals surface area contributed by atoms with Gasteiger partial charge < -0.3 is 9.80 Å². The van der Waals surface area contributed by atoms with Crippen LogP contribution in [0.1, 0.15) is 41.4 Å². The molecule has 2 aromatic rings. The van der Waals surface area contributed by atoms with E-state index in [0.717, 1.165) is 5.56 Å². The number of carbonyl (C=O) groups is 2. The van der Waals surface area contributed by atoms with Crippen LogP contribution in [0.4, 0.5) is 4.39 Å². The second kappa shape index (κ2) is 6.34. The molecule has 0 radical (unpaired) electrons. The molecule has 0 bridgehead atoms. The molecule has 0 aliphatic carbocycles. The van der Waals surface area contributed by atoms with Gasteiger partial charge in [0.05, 0.1) is 16.6 Å². The Labute approximate surface area is 162 Å². The number of fused-ring (bicyclic) bond motifs is 3. The monoisotopic (exact) mass is 386 g/mol. The molecule has 0 saturated carbocycles. The molecule has 27 heavy (non-hydrogen) atoms. The highest BCUT2D eigenvalue weighted by Crippen LogP contribution is 2.41. The van der Waals surface area contributed by atoms with Gasteiger partial charge in [-0.2, -0.15) is 0 Å². The van der Waals surface area contributed by atoms with Crippen LogP contribution in [0.3, 0.4) is 0 Å². The van der Waals surface area contributed by atoms with Crippen molar-refractivity contribution in [3.05, 3.63) is 70.0 Å². The maximum atomic E-state index is 14.2. The van der Waals surface area contributed by atoms with Crippen LogP contribution in [-0.2, 0) is 10.2 Å². The third-order valence-corrected chi connectivity index (χ3v) is 5.81. The van der Waals surface area contributed by atoms with E-state index in [9.17, 15) is 14.0 Å². The van der Waals surface area contributed by atoms with E-state index in [-0.39, 0.29) is 34.5 Å².